The molecule has 0 atom stereocenters. The molecule has 0 spiro atoms. The Morgan fingerprint density at radius 2 is 2.33 bits per heavy atom. The maximum absolute atomic E-state index is 12.8. The maximum Gasteiger partial charge on any atom is 0.338 e. The Bertz CT molecular complexity index is 368. The average Bonchev–Trinajstić information content (AvgIpc) is 2.15. The van der Waals surface area contributed by atoms with Gasteiger partial charge in [-0.2, -0.15) is 0 Å². The first-order valence-electron chi connectivity index (χ1n) is 4.52. The molecule has 1 aromatic heterocycles. The van der Waals surface area contributed by atoms with E-state index in [0.29, 0.717) is 10.9 Å². The van der Waals surface area contributed by atoms with E-state index >= 15 is 0 Å². The molecule has 3 nitrogen and oxygen atoms in total. The zero-order chi connectivity index (χ0) is 11.4. The van der Waals surface area contributed by atoms with Crippen LogP contribution in [0.2, 0.25) is 0 Å². The molecule has 1 heterocycles. The fourth-order valence-electron chi connectivity index (χ4n) is 0.941. The maximum atomic E-state index is 12.8. The van der Waals surface area contributed by atoms with Gasteiger partial charge in [-0.1, -0.05) is 13.8 Å². The summed E-state index contributed by atoms with van der Waals surface area (Å²) in [5, 5.41) is 9.21. The van der Waals surface area contributed by atoms with Gasteiger partial charge in [0, 0.05) is 5.75 Å². The molecule has 0 bridgehead atoms. The van der Waals surface area contributed by atoms with Gasteiger partial charge in [0.2, 0.25) is 0 Å². The first-order valence-corrected chi connectivity index (χ1v) is 5.51. The molecule has 0 fully saturated rings. The zero-order valence-corrected chi connectivity index (χ0v) is 9.34. The second-order valence-corrected chi connectivity index (χ2v) is 4.52. The van der Waals surface area contributed by atoms with Crippen LogP contribution >= 0.6 is 11.8 Å². The van der Waals surface area contributed by atoms with E-state index in [1.54, 1.807) is 0 Å². The molecule has 0 aliphatic rings. The Morgan fingerprint density at radius 3 is 2.87 bits per heavy atom. The molecule has 0 saturated carbocycles. The highest BCUT2D eigenvalue weighted by Crippen LogP contribution is 2.22. The fourth-order valence-corrected chi connectivity index (χ4v) is 1.86. The predicted octanol–water partition coefficient (Wildman–Crippen LogP) is 2.67. The molecule has 0 saturated heterocycles. The summed E-state index contributed by atoms with van der Waals surface area (Å²) in [5.74, 6) is -0.572. The van der Waals surface area contributed by atoms with E-state index in [9.17, 15) is 9.18 Å². The Balaban J connectivity index is 2.91. The van der Waals surface area contributed by atoms with Crippen LogP contribution in [0.4, 0.5) is 4.39 Å². The van der Waals surface area contributed by atoms with E-state index in [4.69, 9.17) is 5.11 Å². The summed E-state index contributed by atoms with van der Waals surface area (Å²) in [7, 11) is 0. The van der Waals surface area contributed by atoms with Crippen LogP contribution in [0.15, 0.2) is 17.3 Å². The number of nitrogens with zero attached hydrogens (tertiary/aromatic N) is 1. The van der Waals surface area contributed by atoms with Crippen LogP contribution in [0.5, 0.6) is 0 Å². The lowest BCUT2D eigenvalue weighted by Gasteiger charge is -2.06. The average molecular weight is 229 g/mol. The number of carboxylic acids is 1. The van der Waals surface area contributed by atoms with E-state index in [2.05, 4.69) is 4.98 Å². The number of carboxylic acid groups (broad SMARTS) is 1. The van der Waals surface area contributed by atoms with Crippen LogP contribution in [0, 0.1) is 11.7 Å². The van der Waals surface area contributed by atoms with E-state index in [1.807, 2.05) is 13.8 Å². The third-order valence-electron chi connectivity index (χ3n) is 1.60. The van der Waals surface area contributed by atoms with E-state index in [0.717, 1.165) is 18.0 Å². The molecule has 1 aromatic rings. The second-order valence-electron chi connectivity index (χ2n) is 3.52. The lowest BCUT2D eigenvalue weighted by Crippen LogP contribution is -2.03. The number of carbonyl (C=O) groups is 1. The Hall–Kier alpha value is -1.10. The molecule has 0 aromatic carbocycles. The number of pyridine rings is 1. The normalized spacial score (nSPS) is 10.7. The molecule has 15 heavy (non-hydrogen) atoms. The smallest absolute Gasteiger partial charge is 0.338 e. The molecule has 0 radical (unpaired) electrons. The highest BCUT2D eigenvalue weighted by Gasteiger charge is 2.13. The second kappa shape index (κ2) is 5.11. The molecule has 1 rings (SSSR count). The minimum atomic E-state index is -1.15. The van der Waals surface area contributed by atoms with Crippen LogP contribution in [-0.4, -0.2) is 21.8 Å². The number of aromatic carboxylic acids is 1. The SMILES string of the molecule is CC(C)CSc1ncc(F)cc1C(=O)O. The quantitative estimate of drug-likeness (QED) is 0.806. The minimum absolute atomic E-state index is 0.0688. The molecule has 0 unspecified atom stereocenters. The summed E-state index contributed by atoms with van der Waals surface area (Å²) in [5.41, 5.74) is -0.0688. The summed E-state index contributed by atoms with van der Waals surface area (Å²) in [6, 6.07) is 0.998. The molecule has 0 amide bonds. The third kappa shape index (κ3) is 3.51. The third-order valence-corrected chi connectivity index (χ3v) is 3.03. The van der Waals surface area contributed by atoms with Gasteiger partial charge in [-0.05, 0) is 12.0 Å². The Morgan fingerprint density at radius 1 is 1.67 bits per heavy atom. The van der Waals surface area contributed by atoms with Crippen LogP contribution in [0.1, 0.15) is 24.2 Å². The first kappa shape index (κ1) is 12.0. The van der Waals surface area contributed by atoms with Gasteiger partial charge in [0.15, 0.2) is 0 Å². The van der Waals surface area contributed by atoms with Crippen molar-refractivity contribution < 1.29 is 14.3 Å². The van der Waals surface area contributed by atoms with Gasteiger partial charge in [-0.15, -0.1) is 11.8 Å². The van der Waals surface area contributed by atoms with Crippen molar-refractivity contribution >= 4 is 17.7 Å². The minimum Gasteiger partial charge on any atom is -0.478 e. The lowest BCUT2D eigenvalue weighted by molar-refractivity contribution is 0.0691. The van der Waals surface area contributed by atoms with Crippen molar-refractivity contribution in [2.75, 3.05) is 5.75 Å². The topological polar surface area (TPSA) is 50.2 Å². The van der Waals surface area contributed by atoms with Crippen LogP contribution < -0.4 is 0 Å². The predicted molar refractivity (Wildman–Crippen MR) is 56.7 cm³/mol. The number of thioether (sulfide) groups is 1. The van der Waals surface area contributed by atoms with Crippen molar-refractivity contribution in [1.82, 2.24) is 4.98 Å². The molecular formula is C10H12FNO2S. The van der Waals surface area contributed by atoms with Crippen LogP contribution in [-0.2, 0) is 0 Å². The molecule has 5 heteroatoms. The van der Waals surface area contributed by atoms with E-state index in [-0.39, 0.29) is 5.56 Å². The highest BCUT2D eigenvalue weighted by molar-refractivity contribution is 7.99. The summed E-state index contributed by atoms with van der Waals surface area (Å²) in [4.78, 5) is 14.6. The van der Waals surface area contributed by atoms with Crippen LogP contribution in [0.25, 0.3) is 0 Å². The molecular weight excluding hydrogens is 217 g/mol. The van der Waals surface area contributed by atoms with E-state index < -0.39 is 11.8 Å². The lowest BCUT2D eigenvalue weighted by atomic mass is 10.3. The summed E-state index contributed by atoms with van der Waals surface area (Å²) >= 11 is 1.33. The summed E-state index contributed by atoms with van der Waals surface area (Å²) in [6.07, 6.45) is 1.04. The van der Waals surface area contributed by atoms with E-state index in [1.165, 1.54) is 11.8 Å². The number of hydrogen-bond acceptors (Lipinski definition) is 3. The van der Waals surface area contributed by atoms with Gasteiger partial charge in [-0.25, -0.2) is 14.2 Å². The van der Waals surface area contributed by atoms with Crippen molar-refractivity contribution in [1.29, 1.82) is 0 Å². The van der Waals surface area contributed by atoms with Gasteiger partial charge in [0.25, 0.3) is 0 Å². The summed E-state index contributed by atoms with van der Waals surface area (Å²) in [6.45, 7) is 4.05. The van der Waals surface area contributed by atoms with Gasteiger partial charge in [-0.3, -0.25) is 0 Å². The molecule has 82 valence electrons. The fraction of sp³-hybridized carbons (Fsp3) is 0.400. The number of aromatic nitrogens is 1. The number of rotatable bonds is 4. The van der Waals surface area contributed by atoms with Gasteiger partial charge < -0.3 is 5.11 Å². The van der Waals surface area contributed by atoms with Gasteiger partial charge in [0.05, 0.1) is 11.8 Å². The Labute approximate surface area is 91.7 Å². The molecule has 1 N–H and O–H groups in total. The zero-order valence-electron chi connectivity index (χ0n) is 8.53. The van der Waals surface area contributed by atoms with Gasteiger partial charge >= 0.3 is 5.97 Å². The largest absolute Gasteiger partial charge is 0.478 e. The monoisotopic (exact) mass is 229 g/mol. The first-order chi connectivity index (χ1) is 7.00. The summed E-state index contributed by atoms with van der Waals surface area (Å²) < 4.78 is 12.8. The van der Waals surface area contributed by atoms with Crippen molar-refractivity contribution in [2.45, 2.75) is 18.9 Å². The van der Waals surface area contributed by atoms with Crippen molar-refractivity contribution in [2.24, 2.45) is 5.92 Å². The Kier molecular flexibility index (Phi) is 4.08. The highest BCUT2D eigenvalue weighted by atomic mass is 32.2. The number of hydrogen-bond donors (Lipinski definition) is 1. The van der Waals surface area contributed by atoms with Crippen molar-refractivity contribution in [3.05, 3.63) is 23.6 Å². The van der Waals surface area contributed by atoms with Crippen molar-refractivity contribution in [3.8, 4) is 0 Å². The van der Waals surface area contributed by atoms with Gasteiger partial charge in [0.1, 0.15) is 10.8 Å². The number of halogens is 1. The van der Waals surface area contributed by atoms with Crippen molar-refractivity contribution in [3.63, 3.8) is 0 Å². The molecule has 0 aliphatic carbocycles. The standard InChI is InChI=1S/C10H12FNO2S/c1-6(2)5-15-9-8(10(13)14)3-7(11)4-12-9/h3-4,6H,5H2,1-2H3,(H,13,14). The van der Waals surface area contributed by atoms with Crippen LogP contribution in [0.3, 0.4) is 0 Å². The molecule has 0 aliphatic heterocycles.